The summed E-state index contributed by atoms with van der Waals surface area (Å²) in [7, 11) is 0. The van der Waals surface area contributed by atoms with E-state index in [-0.39, 0.29) is 0 Å². The first-order valence-corrected chi connectivity index (χ1v) is 8.20. The molecule has 1 nitrogen and oxygen atoms in total. The maximum Gasteiger partial charge on any atom is 0.0443 e. The van der Waals surface area contributed by atoms with E-state index in [4.69, 9.17) is 0 Å². The molecule has 1 rings (SSSR count). The quantitative estimate of drug-likeness (QED) is 0.436. The molecule has 1 atom stereocenters. The molecule has 102 valence electrons. The van der Waals surface area contributed by atoms with E-state index in [0.29, 0.717) is 4.83 Å². The fourth-order valence-electron chi connectivity index (χ4n) is 2.19. The van der Waals surface area contributed by atoms with Crippen molar-refractivity contribution in [1.29, 1.82) is 0 Å². The third kappa shape index (κ3) is 6.53. The van der Waals surface area contributed by atoms with Gasteiger partial charge >= 0.3 is 0 Å². The van der Waals surface area contributed by atoms with Gasteiger partial charge in [-0.25, -0.2) is 0 Å². The molecule has 0 aliphatic heterocycles. The summed E-state index contributed by atoms with van der Waals surface area (Å²) in [6, 6.07) is 4.16. The van der Waals surface area contributed by atoms with Crippen LogP contribution >= 0.6 is 15.9 Å². The van der Waals surface area contributed by atoms with Crippen LogP contribution in [0.5, 0.6) is 0 Å². The van der Waals surface area contributed by atoms with Crippen molar-refractivity contribution in [2.45, 2.75) is 70.0 Å². The van der Waals surface area contributed by atoms with Crippen LogP contribution in [0, 0.1) is 6.92 Å². The average molecular weight is 312 g/mol. The van der Waals surface area contributed by atoms with Crippen molar-refractivity contribution in [2.24, 2.45) is 0 Å². The number of nitrogens with zero attached hydrogens (tertiary/aromatic N) is 1. The van der Waals surface area contributed by atoms with Crippen LogP contribution < -0.4 is 0 Å². The smallest absolute Gasteiger partial charge is 0.0443 e. The number of hydrogen-bond donors (Lipinski definition) is 0. The predicted octanol–water partition coefficient (Wildman–Crippen LogP) is 5.45. The van der Waals surface area contributed by atoms with Gasteiger partial charge in [0, 0.05) is 23.1 Å². The summed E-state index contributed by atoms with van der Waals surface area (Å²) in [6.07, 6.45) is 12.5. The first-order valence-electron chi connectivity index (χ1n) is 7.28. The largest absolute Gasteiger partial charge is 0.261 e. The summed E-state index contributed by atoms with van der Waals surface area (Å²) in [5, 5.41) is 0. The Labute approximate surface area is 121 Å². The molecule has 0 N–H and O–H groups in total. The van der Waals surface area contributed by atoms with Gasteiger partial charge in [0.1, 0.15) is 0 Å². The molecule has 0 aromatic carbocycles. The Hall–Kier alpha value is -0.370. The van der Waals surface area contributed by atoms with Gasteiger partial charge in [0.2, 0.25) is 0 Å². The van der Waals surface area contributed by atoms with Gasteiger partial charge in [-0.05, 0) is 25.0 Å². The molecule has 1 aromatic heterocycles. The van der Waals surface area contributed by atoms with Crippen LogP contribution in [0.15, 0.2) is 18.3 Å². The molecule has 0 amide bonds. The second-order valence-corrected chi connectivity index (χ2v) is 6.42. The second kappa shape index (κ2) is 9.55. The normalized spacial score (nSPS) is 12.6. The molecule has 0 fully saturated rings. The van der Waals surface area contributed by atoms with Gasteiger partial charge in [-0.2, -0.15) is 0 Å². The maximum atomic E-state index is 4.46. The Morgan fingerprint density at radius 2 is 1.89 bits per heavy atom. The van der Waals surface area contributed by atoms with Gasteiger partial charge in [-0.15, -0.1) is 0 Å². The van der Waals surface area contributed by atoms with Gasteiger partial charge < -0.3 is 0 Å². The van der Waals surface area contributed by atoms with Gasteiger partial charge in [0.15, 0.2) is 0 Å². The van der Waals surface area contributed by atoms with E-state index in [1.54, 1.807) is 0 Å². The Bertz CT molecular complexity index is 325. The van der Waals surface area contributed by atoms with E-state index < -0.39 is 0 Å². The third-order valence-electron chi connectivity index (χ3n) is 3.40. The number of alkyl halides is 1. The Kier molecular flexibility index (Phi) is 8.32. The number of unbranched alkanes of at least 4 members (excludes halogenated alkanes) is 5. The third-order valence-corrected chi connectivity index (χ3v) is 4.19. The van der Waals surface area contributed by atoms with Crippen molar-refractivity contribution in [3.63, 3.8) is 0 Å². The molecule has 2 heteroatoms. The first kappa shape index (κ1) is 15.7. The van der Waals surface area contributed by atoms with Crippen molar-refractivity contribution in [1.82, 2.24) is 4.98 Å². The standard InChI is InChI=1S/C16H26BrN/c1-3-4-5-6-7-8-11-15(17)13-16-14(2)10-9-12-18-16/h9-10,12,15H,3-8,11,13H2,1-2H3. The highest BCUT2D eigenvalue weighted by Gasteiger charge is 2.08. The summed E-state index contributed by atoms with van der Waals surface area (Å²) in [6.45, 7) is 4.41. The summed E-state index contributed by atoms with van der Waals surface area (Å²) in [5.74, 6) is 0. The molecular weight excluding hydrogens is 286 g/mol. The molecule has 1 heterocycles. The lowest BCUT2D eigenvalue weighted by atomic mass is 10.0. The van der Waals surface area contributed by atoms with Crippen LogP contribution in [0.3, 0.4) is 0 Å². The minimum Gasteiger partial charge on any atom is -0.261 e. The second-order valence-electron chi connectivity index (χ2n) is 5.12. The summed E-state index contributed by atoms with van der Waals surface area (Å²) < 4.78 is 0. The molecule has 1 unspecified atom stereocenters. The van der Waals surface area contributed by atoms with E-state index in [0.717, 1.165) is 6.42 Å². The van der Waals surface area contributed by atoms with Gasteiger partial charge in [-0.1, -0.05) is 67.4 Å². The zero-order valence-electron chi connectivity index (χ0n) is 11.8. The number of aromatic nitrogens is 1. The first-order chi connectivity index (χ1) is 8.74. The predicted molar refractivity (Wildman–Crippen MR) is 83.4 cm³/mol. The van der Waals surface area contributed by atoms with E-state index in [1.165, 1.54) is 56.2 Å². The van der Waals surface area contributed by atoms with Crippen molar-refractivity contribution in [3.8, 4) is 0 Å². The Morgan fingerprint density at radius 1 is 1.17 bits per heavy atom. The Morgan fingerprint density at radius 3 is 2.61 bits per heavy atom. The van der Waals surface area contributed by atoms with Crippen LogP contribution in [0.2, 0.25) is 0 Å². The minimum absolute atomic E-state index is 0.581. The van der Waals surface area contributed by atoms with Gasteiger partial charge in [0.05, 0.1) is 0 Å². The number of halogens is 1. The van der Waals surface area contributed by atoms with Crippen LogP contribution in [-0.2, 0) is 6.42 Å². The average Bonchev–Trinajstić information content (AvgIpc) is 2.36. The highest BCUT2D eigenvalue weighted by Crippen LogP contribution is 2.18. The highest BCUT2D eigenvalue weighted by atomic mass is 79.9. The number of aryl methyl sites for hydroxylation is 1. The van der Waals surface area contributed by atoms with E-state index in [1.807, 2.05) is 12.3 Å². The highest BCUT2D eigenvalue weighted by molar-refractivity contribution is 9.09. The lowest BCUT2D eigenvalue weighted by Gasteiger charge is -2.10. The molecule has 0 aliphatic carbocycles. The number of rotatable bonds is 9. The topological polar surface area (TPSA) is 12.9 Å². The zero-order valence-corrected chi connectivity index (χ0v) is 13.4. The van der Waals surface area contributed by atoms with Crippen LogP contribution in [0.25, 0.3) is 0 Å². The van der Waals surface area contributed by atoms with Gasteiger partial charge in [-0.3, -0.25) is 4.98 Å². The van der Waals surface area contributed by atoms with E-state index in [9.17, 15) is 0 Å². The summed E-state index contributed by atoms with van der Waals surface area (Å²) in [5.41, 5.74) is 2.55. The van der Waals surface area contributed by atoms with E-state index >= 15 is 0 Å². The molecule has 0 aliphatic rings. The van der Waals surface area contributed by atoms with Crippen molar-refractivity contribution in [2.75, 3.05) is 0 Å². The summed E-state index contributed by atoms with van der Waals surface area (Å²) in [4.78, 5) is 5.04. The lowest BCUT2D eigenvalue weighted by molar-refractivity contribution is 0.581. The number of hydrogen-bond acceptors (Lipinski definition) is 1. The SMILES string of the molecule is CCCCCCCCC(Br)Cc1ncccc1C. The van der Waals surface area contributed by atoms with Crippen LogP contribution in [0.4, 0.5) is 0 Å². The molecule has 0 spiro atoms. The van der Waals surface area contributed by atoms with Gasteiger partial charge in [0.25, 0.3) is 0 Å². The molecule has 0 bridgehead atoms. The Balaban J connectivity index is 2.14. The zero-order chi connectivity index (χ0) is 13.2. The number of pyridine rings is 1. The molecule has 18 heavy (non-hydrogen) atoms. The molecule has 0 saturated carbocycles. The minimum atomic E-state index is 0.581. The maximum absolute atomic E-state index is 4.46. The molecule has 0 saturated heterocycles. The monoisotopic (exact) mass is 311 g/mol. The van der Waals surface area contributed by atoms with Crippen molar-refractivity contribution < 1.29 is 0 Å². The fraction of sp³-hybridized carbons (Fsp3) is 0.688. The summed E-state index contributed by atoms with van der Waals surface area (Å²) >= 11 is 3.79. The van der Waals surface area contributed by atoms with Crippen LogP contribution in [-0.4, -0.2) is 9.81 Å². The molecular formula is C16H26BrN. The molecule has 1 aromatic rings. The van der Waals surface area contributed by atoms with Crippen LogP contribution in [0.1, 0.15) is 63.1 Å². The van der Waals surface area contributed by atoms with Crippen molar-refractivity contribution >= 4 is 15.9 Å². The lowest BCUT2D eigenvalue weighted by Crippen LogP contribution is -2.05. The fourth-order valence-corrected chi connectivity index (χ4v) is 2.82. The van der Waals surface area contributed by atoms with Crippen molar-refractivity contribution in [3.05, 3.63) is 29.6 Å². The van der Waals surface area contributed by atoms with E-state index in [2.05, 4.69) is 40.8 Å². The molecule has 0 radical (unpaired) electrons.